The third-order valence-corrected chi connectivity index (χ3v) is 6.71. The van der Waals surface area contributed by atoms with Gasteiger partial charge in [-0.1, -0.05) is 6.92 Å². The molecule has 0 amide bonds. The Labute approximate surface area is 164 Å². The van der Waals surface area contributed by atoms with Crippen LogP contribution in [0.25, 0.3) is 0 Å². The third kappa shape index (κ3) is 5.03. The topological polar surface area (TPSA) is 61.4 Å². The highest BCUT2D eigenvalue weighted by Gasteiger charge is 2.27. The maximum atomic E-state index is 12.9. The summed E-state index contributed by atoms with van der Waals surface area (Å²) in [5, 5.41) is 6.27. The first-order valence-electron chi connectivity index (χ1n) is 8.78. The monoisotopic (exact) mass is 407 g/mol. The van der Waals surface area contributed by atoms with Gasteiger partial charge in [0.05, 0.1) is 4.90 Å². The summed E-state index contributed by atoms with van der Waals surface area (Å²) in [5.74, 6) is 0.247. The summed E-state index contributed by atoms with van der Waals surface area (Å²) < 4.78 is 39.9. The van der Waals surface area contributed by atoms with Gasteiger partial charge < -0.3 is 10.6 Å². The highest BCUT2D eigenvalue weighted by Crippen LogP contribution is 2.24. The van der Waals surface area contributed by atoms with Crippen molar-refractivity contribution in [3.8, 4) is 0 Å². The molecule has 0 bridgehead atoms. The maximum Gasteiger partial charge on any atom is 0.243 e. The number of hydrogen-bond donors (Lipinski definition) is 2. The van der Waals surface area contributed by atoms with Crippen molar-refractivity contribution in [1.82, 2.24) is 4.31 Å². The second-order valence-corrected chi connectivity index (χ2v) is 9.04. The van der Waals surface area contributed by atoms with Crippen LogP contribution in [0.15, 0.2) is 53.4 Å². The molecule has 0 atom stereocenters. The SMILES string of the molecule is CC1CCN(S(=O)(=O)c2ccc(NC(=S)Nc3ccc(F)cc3)cc2)CC1. The van der Waals surface area contributed by atoms with Crippen LogP contribution in [0.1, 0.15) is 19.8 Å². The standard InChI is InChI=1S/C19H22FN3O2S2/c1-14-10-12-23(13-11-14)27(24,25)18-8-6-17(7-9-18)22-19(26)21-16-4-2-15(20)3-5-16/h2-9,14H,10-13H2,1H3,(H2,21,22,26). The zero-order valence-corrected chi connectivity index (χ0v) is 16.6. The fourth-order valence-electron chi connectivity index (χ4n) is 2.91. The highest BCUT2D eigenvalue weighted by molar-refractivity contribution is 7.89. The first-order valence-corrected chi connectivity index (χ1v) is 10.6. The van der Waals surface area contributed by atoms with E-state index in [-0.39, 0.29) is 10.7 Å². The predicted molar refractivity (Wildman–Crippen MR) is 110 cm³/mol. The van der Waals surface area contributed by atoms with Gasteiger partial charge in [-0.2, -0.15) is 4.31 Å². The van der Waals surface area contributed by atoms with Gasteiger partial charge in [-0.3, -0.25) is 0 Å². The Morgan fingerprint density at radius 1 is 1.00 bits per heavy atom. The summed E-state index contributed by atoms with van der Waals surface area (Å²) in [6, 6.07) is 12.4. The number of nitrogens with zero attached hydrogens (tertiary/aromatic N) is 1. The van der Waals surface area contributed by atoms with Gasteiger partial charge in [-0.15, -0.1) is 0 Å². The van der Waals surface area contributed by atoms with E-state index in [1.54, 1.807) is 40.7 Å². The van der Waals surface area contributed by atoms with Crippen molar-refractivity contribution in [2.75, 3.05) is 23.7 Å². The molecule has 0 aromatic heterocycles. The lowest BCUT2D eigenvalue weighted by molar-refractivity contribution is 0.288. The van der Waals surface area contributed by atoms with Crippen molar-refractivity contribution >= 4 is 38.7 Å². The van der Waals surface area contributed by atoms with Crippen molar-refractivity contribution in [2.45, 2.75) is 24.7 Å². The molecule has 1 aliphatic heterocycles. The first kappa shape index (κ1) is 19.7. The Morgan fingerprint density at radius 2 is 1.48 bits per heavy atom. The number of sulfonamides is 1. The van der Waals surface area contributed by atoms with Crippen LogP contribution < -0.4 is 10.6 Å². The molecule has 1 saturated heterocycles. The minimum Gasteiger partial charge on any atom is -0.332 e. The van der Waals surface area contributed by atoms with Gasteiger partial charge in [0.25, 0.3) is 0 Å². The Morgan fingerprint density at radius 3 is 2.00 bits per heavy atom. The van der Waals surface area contributed by atoms with E-state index in [9.17, 15) is 12.8 Å². The van der Waals surface area contributed by atoms with Crippen LogP contribution in [0.3, 0.4) is 0 Å². The molecule has 27 heavy (non-hydrogen) atoms. The molecule has 1 aliphatic rings. The van der Waals surface area contributed by atoms with Crippen LogP contribution in [0.4, 0.5) is 15.8 Å². The highest BCUT2D eigenvalue weighted by atomic mass is 32.2. The van der Waals surface area contributed by atoms with Crippen molar-refractivity contribution in [3.05, 3.63) is 54.3 Å². The second kappa shape index (κ2) is 8.33. The van der Waals surface area contributed by atoms with Crippen LogP contribution in [0.2, 0.25) is 0 Å². The Hall–Kier alpha value is -2.03. The number of halogens is 1. The molecule has 0 saturated carbocycles. The number of piperidine rings is 1. The molecule has 1 fully saturated rings. The summed E-state index contributed by atoms with van der Waals surface area (Å²) >= 11 is 5.23. The number of hydrogen-bond acceptors (Lipinski definition) is 3. The van der Waals surface area contributed by atoms with Crippen LogP contribution in [-0.2, 0) is 10.0 Å². The molecular formula is C19H22FN3O2S2. The lowest BCUT2D eigenvalue weighted by Crippen LogP contribution is -2.37. The summed E-state index contributed by atoms with van der Waals surface area (Å²) in [6.07, 6.45) is 1.78. The maximum absolute atomic E-state index is 12.9. The molecule has 0 spiro atoms. The molecule has 8 heteroatoms. The largest absolute Gasteiger partial charge is 0.332 e. The third-order valence-electron chi connectivity index (χ3n) is 4.59. The molecular weight excluding hydrogens is 385 g/mol. The molecule has 2 aromatic rings. The molecule has 0 radical (unpaired) electrons. The molecule has 0 unspecified atom stereocenters. The van der Waals surface area contributed by atoms with Crippen molar-refractivity contribution < 1.29 is 12.8 Å². The number of thiocarbonyl (C=S) groups is 1. The molecule has 0 aliphatic carbocycles. The van der Waals surface area contributed by atoms with Crippen molar-refractivity contribution in [1.29, 1.82) is 0 Å². The van der Waals surface area contributed by atoms with Gasteiger partial charge in [-0.05, 0) is 79.5 Å². The van der Waals surface area contributed by atoms with E-state index in [0.717, 1.165) is 12.8 Å². The second-order valence-electron chi connectivity index (χ2n) is 6.70. The zero-order valence-electron chi connectivity index (χ0n) is 15.0. The van der Waals surface area contributed by atoms with Gasteiger partial charge >= 0.3 is 0 Å². The van der Waals surface area contributed by atoms with E-state index in [2.05, 4.69) is 17.6 Å². The van der Waals surface area contributed by atoms with E-state index in [1.165, 1.54) is 12.1 Å². The smallest absolute Gasteiger partial charge is 0.243 e. The van der Waals surface area contributed by atoms with Crippen molar-refractivity contribution in [2.24, 2.45) is 5.92 Å². The number of rotatable bonds is 4. The Balaban J connectivity index is 1.62. The molecule has 2 N–H and O–H groups in total. The van der Waals surface area contributed by atoms with E-state index in [1.807, 2.05) is 0 Å². The van der Waals surface area contributed by atoms with Crippen LogP contribution in [0.5, 0.6) is 0 Å². The fourth-order valence-corrected chi connectivity index (χ4v) is 4.62. The lowest BCUT2D eigenvalue weighted by atomic mass is 10.0. The molecule has 5 nitrogen and oxygen atoms in total. The average molecular weight is 408 g/mol. The van der Waals surface area contributed by atoms with Crippen LogP contribution >= 0.6 is 12.2 Å². The summed E-state index contributed by atoms with van der Waals surface area (Å²) in [4.78, 5) is 0.278. The fraction of sp³-hybridized carbons (Fsp3) is 0.316. The minimum absolute atomic E-state index is 0.278. The predicted octanol–water partition coefficient (Wildman–Crippen LogP) is 4.06. The Bertz CT molecular complexity index is 892. The molecule has 3 rings (SSSR count). The summed E-state index contributed by atoms with van der Waals surface area (Å²) in [6.45, 7) is 3.28. The van der Waals surface area contributed by atoms with Gasteiger partial charge in [0.1, 0.15) is 5.82 Å². The van der Waals surface area contributed by atoms with Gasteiger partial charge in [0.2, 0.25) is 10.0 Å². The van der Waals surface area contributed by atoms with Crippen LogP contribution in [-0.4, -0.2) is 30.9 Å². The molecule has 2 aromatic carbocycles. The summed E-state index contributed by atoms with van der Waals surface area (Å²) in [5.41, 5.74) is 1.33. The summed E-state index contributed by atoms with van der Waals surface area (Å²) in [7, 11) is -3.46. The molecule has 1 heterocycles. The normalized spacial score (nSPS) is 16.1. The van der Waals surface area contributed by atoms with Crippen molar-refractivity contribution in [3.63, 3.8) is 0 Å². The minimum atomic E-state index is -3.46. The van der Waals surface area contributed by atoms with Gasteiger partial charge in [0.15, 0.2) is 5.11 Å². The number of nitrogens with one attached hydrogen (secondary N) is 2. The molecule has 144 valence electrons. The quantitative estimate of drug-likeness (QED) is 0.749. The van der Waals surface area contributed by atoms with Crippen LogP contribution in [0, 0.1) is 11.7 Å². The van der Waals surface area contributed by atoms with E-state index >= 15 is 0 Å². The zero-order chi connectivity index (χ0) is 19.4. The number of benzene rings is 2. The van der Waals surface area contributed by atoms with E-state index in [0.29, 0.717) is 35.5 Å². The van der Waals surface area contributed by atoms with Gasteiger partial charge in [-0.25, -0.2) is 12.8 Å². The van der Waals surface area contributed by atoms with Gasteiger partial charge in [0, 0.05) is 24.5 Å². The van der Waals surface area contributed by atoms with E-state index < -0.39 is 10.0 Å². The average Bonchev–Trinajstić information content (AvgIpc) is 2.64. The first-order chi connectivity index (χ1) is 12.8. The van der Waals surface area contributed by atoms with E-state index in [4.69, 9.17) is 12.2 Å². The Kier molecular flexibility index (Phi) is 6.08. The number of anilines is 2. The lowest BCUT2D eigenvalue weighted by Gasteiger charge is -2.29.